The molecule has 2 rings (SSSR count). The molecule has 0 amide bonds. The van der Waals surface area contributed by atoms with Gasteiger partial charge in [0.05, 0.1) is 5.69 Å². The Morgan fingerprint density at radius 3 is 2.48 bits per heavy atom. The highest BCUT2D eigenvalue weighted by Gasteiger charge is 2.21. The van der Waals surface area contributed by atoms with Crippen LogP contribution in [0.1, 0.15) is 36.1 Å². The van der Waals surface area contributed by atoms with Crippen LogP contribution in [0.25, 0.3) is 10.8 Å². The Hall–Kier alpha value is -2.35. The minimum Gasteiger partial charge on any atom is -0.457 e. The van der Waals surface area contributed by atoms with Crippen molar-refractivity contribution < 1.29 is 19.1 Å². The molecule has 0 aromatic carbocycles. The first kappa shape index (κ1) is 17.0. The molecule has 0 aliphatic carbocycles. The monoisotopic (exact) mass is 335 g/mol. The molecule has 2 heterocycles. The molecular weight excluding hydrogens is 318 g/mol. The van der Waals surface area contributed by atoms with E-state index in [-0.39, 0.29) is 0 Å². The van der Waals surface area contributed by atoms with Crippen LogP contribution >= 0.6 is 11.3 Å². The zero-order valence-corrected chi connectivity index (χ0v) is 14.1. The first-order valence-corrected chi connectivity index (χ1v) is 7.72. The zero-order chi connectivity index (χ0) is 17.0. The number of rotatable bonds is 4. The molecule has 23 heavy (non-hydrogen) atoms. The molecule has 0 spiro atoms. The minimum atomic E-state index is -0.623. The molecule has 0 saturated heterocycles. The maximum absolute atomic E-state index is 12.1. The smallest absolute Gasteiger partial charge is 0.350 e. The molecule has 0 saturated carbocycles. The molecule has 0 unspecified atom stereocenters. The van der Waals surface area contributed by atoms with Crippen molar-refractivity contribution >= 4 is 23.3 Å². The van der Waals surface area contributed by atoms with E-state index in [1.165, 1.54) is 0 Å². The standard InChI is InChI=1S/C15H17N3O4S/c1-9-11(14(20)21-8-10(19)22-15(2,3)4)23-13(18-9)12-16-6-5-7-17-12/h5-7H,8H2,1-4H3. The van der Waals surface area contributed by atoms with E-state index in [9.17, 15) is 9.59 Å². The molecule has 7 nitrogen and oxygen atoms in total. The predicted octanol–water partition coefficient (Wildman–Crippen LogP) is 2.41. The van der Waals surface area contributed by atoms with Crippen LogP contribution in [0.5, 0.6) is 0 Å². The van der Waals surface area contributed by atoms with Crippen LogP contribution in [-0.4, -0.2) is 39.1 Å². The van der Waals surface area contributed by atoms with E-state index in [4.69, 9.17) is 9.47 Å². The van der Waals surface area contributed by atoms with Crippen LogP contribution in [0.15, 0.2) is 18.5 Å². The number of carbonyl (C=O) groups is 2. The van der Waals surface area contributed by atoms with E-state index < -0.39 is 24.1 Å². The van der Waals surface area contributed by atoms with Gasteiger partial charge in [-0.15, -0.1) is 11.3 Å². The lowest BCUT2D eigenvalue weighted by Gasteiger charge is -2.19. The Kier molecular flexibility index (Phi) is 5.05. The summed E-state index contributed by atoms with van der Waals surface area (Å²) in [6, 6.07) is 1.69. The lowest BCUT2D eigenvalue weighted by molar-refractivity contribution is -0.158. The van der Waals surface area contributed by atoms with Crippen LogP contribution in [0, 0.1) is 6.92 Å². The molecule has 0 atom stereocenters. The van der Waals surface area contributed by atoms with Gasteiger partial charge in [0.25, 0.3) is 0 Å². The van der Waals surface area contributed by atoms with Crippen LogP contribution < -0.4 is 0 Å². The molecule has 122 valence electrons. The van der Waals surface area contributed by atoms with Crippen molar-refractivity contribution in [2.75, 3.05) is 6.61 Å². The summed E-state index contributed by atoms with van der Waals surface area (Å²) in [5, 5.41) is 0.521. The van der Waals surface area contributed by atoms with Crippen molar-refractivity contribution in [2.24, 2.45) is 0 Å². The highest BCUT2D eigenvalue weighted by molar-refractivity contribution is 7.16. The first-order valence-electron chi connectivity index (χ1n) is 6.90. The second kappa shape index (κ2) is 6.82. The zero-order valence-electron chi connectivity index (χ0n) is 13.3. The molecule has 2 aromatic rings. The van der Waals surface area contributed by atoms with Gasteiger partial charge in [-0.3, -0.25) is 0 Å². The third-order valence-electron chi connectivity index (χ3n) is 2.48. The van der Waals surface area contributed by atoms with Crippen molar-refractivity contribution in [1.82, 2.24) is 15.0 Å². The SMILES string of the molecule is Cc1nc(-c2ncccn2)sc1C(=O)OCC(=O)OC(C)(C)C. The Labute approximate surface area is 137 Å². The van der Waals surface area contributed by atoms with Gasteiger partial charge in [-0.05, 0) is 33.8 Å². The third kappa shape index (κ3) is 4.82. The molecule has 8 heteroatoms. The van der Waals surface area contributed by atoms with Gasteiger partial charge in [0.15, 0.2) is 17.4 Å². The predicted molar refractivity (Wildman–Crippen MR) is 84.0 cm³/mol. The summed E-state index contributed by atoms with van der Waals surface area (Å²) >= 11 is 1.12. The van der Waals surface area contributed by atoms with E-state index in [2.05, 4.69) is 15.0 Å². The van der Waals surface area contributed by atoms with Crippen molar-refractivity contribution in [3.63, 3.8) is 0 Å². The third-order valence-corrected chi connectivity index (χ3v) is 3.61. The van der Waals surface area contributed by atoms with Gasteiger partial charge in [0, 0.05) is 12.4 Å². The van der Waals surface area contributed by atoms with E-state index in [1.807, 2.05) is 0 Å². The average molecular weight is 335 g/mol. The van der Waals surface area contributed by atoms with Crippen LogP contribution in [0.3, 0.4) is 0 Å². The van der Waals surface area contributed by atoms with Gasteiger partial charge in [0.1, 0.15) is 10.5 Å². The number of hydrogen-bond donors (Lipinski definition) is 0. The van der Waals surface area contributed by atoms with E-state index in [1.54, 1.807) is 46.2 Å². The number of carbonyl (C=O) groups excluding carboxylic acids is 2. The van der Waals surface area contributed by atoms with Gasteiger partial charge in [-0.1, -0.05) is 0 Å². The summed E-state index contributed by atoms with van der Waals surface area (Å²) in [5.74, 6) is -0.778. The van der Waals surface area contributed by atoms with Crippen molar-refractivity contribution in [3.05, 3.63) is 29.0 Å². The molecule has 0 aliphatic rings. The summed E-state index contributed by atoms with van der Waals surface area (Å²) < 4.78 is 10.1. The molecule has 0 aliphatic heterocycles. The van der Waals surface area contributed by atoms with Crippen LogP contribution in [-0.2, 0) is 14.3 Å². The Bertz CT molecular complexity index is 707. The van der Waals surface area contributed by atoms with Crippen molar-refractivity contribution in [3.8, 4) is 10.8 Å². The van der Waals surface area contributed by atoms with Gasteiger partial charge >= 0.3 is 11.9 Å². The summed E-state index contributed by atoms with van der Waals surface area (Å²) in [7, 11) is 0. The second-order valence-electron chi connectivity index (χ2n) is 5.67. The van der Waals surface area contributed by atoms with Crippen LogP contribution in [0.2, 0.25) is 0 Å². The fraction of sp³-hybridized carbons (Fsp3) is 0.400. The summed E-state index contributed by atoms with van der Waals surface area (Å²) in [4.78, 5) is 36.4. The number of nitrogens with zero attached hydrogens (tertiary/aromatic N) is 3. The normalized spacial score (nSPS) is 11.1. The highest BCUT2D eigenvalue weighted by atomic mass is 32.1. The summed E-state index contributed by atoms with van der Waals surface area (Å²) in [6.45, 7) is 6.47. The Morgan fingerprint density at radius 2 is 1.87 bits per heavy atom. The number of esters is 2. The largest absolute Gasteiger partial charge is 0.457 e. The number of aromatic nitrogens is 3. The fourth-order valence-electron chi connectivity index (χ4n) is 1.65. The maximum atomic E-state index is 12.1. The van der Waals surface area contributed by atoms with Crippen molar-refractivity contribution in [1.29, 1.82) is 0 Å². The Morgan fingerprint density at radius 1 is 1.22 bits per heavy atom. The summed E-state index contributed by atoms with van der Waals surface area (Å²) in [6.07, 6.45) is 3.19. The van der Waals surface area contributed by atoms with E-state index in [0.29, 0.717) is 21.4 Å². The number of hydrogen-bond acceptors (Lipinski definition) is 8. The molecule has 0 bridgehead atoms. The van der Waals surface area contributed by atoms with E-state index in [0.717, 1.165) is 11.3 Å². The molecule has 0 fully saturated rings. The topological polar surface area (TPSA) is 91.3 Å². The summed E-state index contributed by atoms with van der Waals surface area (Å²) in [5.41, 5.74) is -0.117. The average Bonchev–Trinajstić information content (AvgIpc) is 2.86. The molecule has 2 aromatic heterocycles. The lowest BCUT2D eigenvalue weighted by Crippen LogP contribution is -2.27. The van der Waals surface area contributed by atoms with Gasteiger partial charge < -0.3 is 9.47 Å². The highest BCUT2D eigenvalue weighted by Crippen LogP contribution is 2.25. The molecular formula is C15H17N3O4S. The van der Waals surface area contributed by atoms with Gasteiger partial charge in [0.2, 0.25) is 0 Å². The first-order chi connectivity index (χ1) is 10.8. The van der Waals surface area contributed by atoms with E-state index >= 15 is 0 Å². The molecule has 0 N–H and O–H groups in total. The van der Waals surface area contributed by atoms with Crippen molar-refractivity contribution in [2.45, 2.75) is 33.3 Å². The maximum Gasteiger partial charge on any atom is 0.350 e. The van der Waals surface area contributed by atoms with Gasteiger partial charge in [-0.25, -0.2) is 24.5 Å². The Balaban J connectivity index is 2.03. The second-order valence-corrected chi connectivity index (χ2v) is 6.67. The quantitative estimate of drug-likeness (QED) is 0.792. The van der Waals surface area contributed by atoms with Crippen LogP contribution in [0.4, 0.5) is 0 Å². The number of thiazole rings is 1. The lowest BCUT2D eigenvalue weighted by atomic mass is 10.2. The minimum absolute atomic E-state index is 0.316. The fourth-order valence-corrected chi connectivity index (χ4v) is 2.56. The van der Waals surface area contributed by atoms with Gasteiger partial charge in [-0.2, -0.15) is 0 Å². The number of aryl methyl sites for hydroxylation is 1. The number of ether oxygens (including phenoxy) is 2. The molecule has 0 radical (unpaired) electrons.